The van der Waals surface area contributed by atoms with E-state index in [2.05, 4.69) is 20.8 Å². The Bertz CT molecular complexity index is 576. The number of hydrogen-bond acceptors (Lipinski definition) is 12. The van der Waals surface area contributed by atoms with E-state index in [9.17, 15) is 0 Å². The highest BCUT2D eigenvalue weighted by Crippen LogP contribution is 2.08. The third-order valence-electron chi connectivity index (χ3n) is 7.33. The lowest BCUT2D eigenvalue weighted by Crippen LogP contribution is -2.15. The molecule has 0 aromatic carbocycles. The van der Waals surface area contributed by atoms with Crippen LogP contribution >= 0.6 is 0 Å². The lowest BCUT2D eigenvalue weighted by molar-refractivity contribution is -0.0286. The van der Waals surface area contributed by atoms with Crippen LogP contribution in [0.2, 0.25) is 0 Å². The molecule has 0 aliphatic heterocycles. The van der Waals surface area contributed by atoms with Gasteiger partial charge in [-0.25, -0.2) is 0 Å². The van der Waals surface area contributed by atoms with Crippen molar-refractivity contribution in [2.75, 3.05) is 159 Å². The number of ether oxygens (including phenoxy) is 12. The predicted molar refractivity (Wildman–Crippen MR) is 192 cm³/mol. The lowest BCUT2D eigenvalue weighted by Gasteiger charge is -2.10. The summed E-state index contributed by atoms with van der Waals surface area (Å²) in [6.45, 7) is 20.4. The molecule has 0 bridgehead atoms. The van der Waals surface area contributed by atoms with E-state index in [-0.39, 0.29) is 0 Å². The fourth-order valence-corrected chi connectivity index (χ4v) is 4.16. The summed E-state index contributed by atoms with van der Waals surface area (Å²) < 4.78 is 66.2. The van der Waals surface area contributed by atoms with Crippen molar-refractivity contribution in [2.45, 2.75) is 78.6 Å². The second kappa shape index (κ2) is 45.5. The molecule has 12 heteroatoms. The van der Waals surface area contributed by atoms with Crippen molar-refractivity contribution in [3.63, 3.8) is 0 Å². The fraction of sp³-hybridized carbons (Fsp3) is 1.00. The summed E-state index contributed by atoms with van der Waals surface area (Å²) in [7, 11) is 0. The van der Waals surface area contributed by atoms with Crippen LogP contribution in [-0.2, 0) is 56.8 Å². The van der Waals surface area contributed by atoms with Gasteiger partial charge in [-0.1, -0.05) is 72.1 Å². The van der Waals surface area contributed by atoms with Gasteiger partial charge in [0.2, 0.25) is 0 Å². The maximum atomic E-state index is 5.63. The Kier molecular flexibility index (Phi) is 45.1. The van der Waals surface area contributed by atoms with E-state index >= 15 is 0 Å². The summed E-state index contributed by atoms with van der Waals surface area (Å²) >= 11 is 0. The van der Waals surface area contributed by atoms with Gasteiger partial charge in [-0.15, -0.1) is 0 Å². The minimum atomic E-state index is 0.521. The van der Waals surface area contributed by atoms with Crippen LogP contribution in [-0.4, -0.2) is 159 Å². The molecule has 0 aromatic rings. The standard InChI is InChI=1S/C37H76O12/c1-4-6-7-8-9-10-11-12-13-38-14-15-39-16-17-40-18-19-41-20-21-42-22-23-43-24-25-44-26-27-45-28-29-46-30-31-47-32-33-48-34-35-49-36-37(3)5-2/h37H,4-36H2,1-3H3. The van der Waals surface area contributed by atoms with Crippen molar-refractivity contribution in [3.05, 3.63) is 0 Å². The average Bonchev–Trinajstić information content (AvgIpc) is 3.11. The van der Waals surface area contributed by atoms with Crippen LogP contribution in [0.4, 0.5) is 0 Å². The molecular formula is C37H76O12. The summed E-state index contributed by atoms with van der Waals surface area (Å²) in [4.78, 5) is 0. The average molecular weight is 713 g/mol. The largest absolute Gasteiger partial charge is 0.379 e. The van der Waals surface area contributed by atoms with Crippen molar-refractivity contribution < 1.29 is 56.8 Å². The summed E-state index contributed by atoms with van der Waals surface area (Å²) in [6.07, 6.45) is 11.7. The molecule has 12 nitrogen and oxygen atoms in total. The molecule has 0 radical (unpaired) electrons. The zero-order valence-corrected chi connectivity index (χ0v) is 31.8. The molecule has 0 amide bonds. The van der Waals surface area contributed by atoms with Crippen molar-refractivity contribution >= 4 is 0 Å². The Morgan fingerprint density at radius 1 is 0.265 bits per heavy atom. The van der Waals surface area contributed by atoms with Gasteiger partial charge in [-0.05, 0) is 12.3 Å². The smallest absolute Gasteiger partial charge is 0.0701 e. The normalized spacial score (nSPS) is 12.3. The number of unbranched alkanes of at least 4 members (excludes halogenated alkanes) is 7. The van der Waals surface area contributed by atoms with Crippen molar-refractivity contribution in [1.29, 1.82) is 0 Å². The molecular weight excluding hydrogens is 636 g/mol. The van der Waals surface area contributed by atoms with Gasteiger partial charge in [0, 0.05) is 13.2 Å². The van der Waals surface area contributed by atoms with Crippen molar-refractivity contribution in [1.82, 2.24) is 0 Å². The van der Waals surface area contributed by atoms with E-state index in [0.717, 1.165) is 26.1 Å². The molecule has 0 aliphatic rings. The molecule has 0 spiro atoms. The SMILES string of the molecule is CCCCCCCCCCOCCOCCOCCOCCOCCOCCOCCOCCOCCOCCOCCOCC(C)CC. The van der Waals surface area contributed by atoms with Crippen LogP contribution in [0.15, 0.2) is 0 Å². The van der Waals surface area contributed by atoms with Gasteiger partial charge in [-0.3, -0.25) is 0 Å². The molecule has 0 saturated heterocycles. The van der Waals surface area contributed by atoms with Crippen LogP contribution in [0.5, 0.6) is 0 Å². The summed E-state index contributed by atoms with van der Waals surface area (Å²) in [5.41, 5.74) is 0. The number of hydrogen-bond donors (Lipinski definition) is 0. The first kappa shape index (κ1) is 48.5. The molecule has 1 atom stereocenters. The molecule has 0 aromatic heterocycles. The van der Waals surface area contributed by atoms with E-state index in [1.165, 1.54) is 44.9 Å². The lowest BCUT2D eigenvalue weighted by atomic mass is 10.1. The highest BCUT2D eigenvalue weighted by molar-refractivity contribution is 4.47. The molecule has 0 aliphatic carbocycles. The maximum Gasteiger partial charge on any atom is 0.0701 e. The van der Waals surface area contributed by atoms with Gasteiger partial charge in [0.15, 0.2) is 0 Å². The van der Waals surface area contributed by atoms with E-state index in [1.54, 1.807) is 0 Å². The Morgan fingerprint density at radius 3 is 0.755 bits per heavy atom. The Hall–Kier alpha value is -0.480. The molecule has 0 N–H and O–H groups in total. The highest BCUT2D eigenvalue weighted by atomic mass is 16.6. The van der Waals surface area contributed by atoms with Crippen LogP contribution < -0.4 is 0 Å². The predicted octanol–water partition coefficient (Wildman–Crippen LogP) is 5.37. The van der Waals surface area contributed by atoms with Crippen molar-refractivity contribution in [3.8, 4) is 0 Å². The third-order valence-corrected chi connectivity index (χ3v) is 7.33. The molecule has 296 valence electrons. The first-order chi connectivity index (χ1) is 24.3. The van der Waals surface area contributed by atoms with E-state index in [1.807, 2.05) is 0 Å². The molecule has 49 heavy (non-hydrogen) atoms. The highest BCUT2D eigenvalue weighted by Gasteiger charge is 1.99. The summed E-state index contributed by atoms with van der Waals surface area (Å²) in [5.74, 6) is 0.599. The zero-order valence-electron chi connectivity index (χ0n) is 31.8. The van der Waals surface area contributed by atoms with Gasteiger partial charge in [-0.2, -0.15) is 0 Å². The quantitative estimate of drug-likeness (QED) is 0.0757. The summed E-state index contributed by atoms with van der Waals surface area (Å²) in [5, 5.41) is 0. The Balaban J connectivity index is 3.05. The van der Waals surface area contributed by atoms with E-state index < -0.39 is 0 Å². The van der Waals surface area contributed by atoms with Crippen LogP contribution in [0.25, 0.3) is 0 Å². The topological polar surface area (TPSA) is 111 Å². The molecule has 0 rings (SSSR count). The second-order valence-electron chi connectivity index (χ2n) is 11.8. The van der Waals surface area contributed by atoms with Crippen LogP contribution in [0.3, 0.4) is 0 Å². The Labute approximate surface area is 299 Å². The Morgan fingerprint density at radius 2 is 0.490 bits per heavy atom. The first-order valence-electron chi connectivity index (χ1n) is 19.2. The fourth-order valence-electron chi connectivity index (χ4n) is 4.16. The molecule has 0 heterocycles. The molecule has 0 saturated carbocycles. The van der Waals surface area contributed by atoms with Crippen LogP contribution in [0, 0.1) is 5.92 Å². The maximum absolute atomic E-state index is 5.63. The van der Waals surface area contributed by atoms with Gasteiger partial charge in [0.05, 0.1) is 145 Å². The summed E-state index contributed by atoms with van der Waals surface area (Å²) in [6, 6.07) is 0. The first-order valence-corrected chi connectivity index (χ1v) is 19.2. The molecule has 0 fully saturated rings. The third kappa shape index (κ3) is 45.5. The van der Waals surface area contributed by atoms with Gasteiger partial charge < -0.3 is 56.8 Å². The molecule has 1 unspecified atom stereocenters. The zero-order chi connectivity index (χ0) is 35.4. The van der Waals surface area contributed by atoms with Gasteiger partial charge >= 0.3 is 0 Å². The van der Waals surface area contributed by atoms with E-state index in [4.69, 9.17) is 56.8 Å². The minimum Gasteiger partial charge on any atom is -0.379 e. The minimum absolute atomic E-state index is 0.521. The van der Waals surface area contributed by atoms with Crippen molar-refractivity contribution in [2.24, 2.45) is 5.92 Å². The van der Waals surface area contributed by atoms with Crippen LogP contribution in [0.1, 0.15) is 78.6 Å². The van der Waals surface area contributed by atoms with Gasteiger partial charge in [0.1, 0.15) is 0 Å². The monoisotopic (exact) mass is 713 g/mol. The van der Waals surface area contributed by atoms with Gasteiger partial charge in [0.25, 0.3) is 0 Å². The van der Waals surface area contributed by atoms with E-state index in [0.29, 0.717) is 151 Å². The number of rotatable bonds is 45. The second-order valence-corrected chi connectivity index (χ2v) is 11.8.